The van der Waals surface area contributed by atoms with Crippen molar-refractivity contribution in [2.45, 2.75) is 26.8 Å². The Labute approximate surface area is 141 Å². The van der Waals surface area contributed by atoms with Gasteiger partial charge in [0.1, 0.15) is 11.3 Å². The van der Waals surface area contributed by atoms with E-state index in [0.29, 0.717) is 11.7 Å². The average Bonchev–Trinajstić information content (AvgIpc) is 3.01. The highest BCUT2D eigenvalue weighted by Gasteiger charge is 2.12. The van der Waals surface area contributed by atoms with E-state index < -0.39 is 0 Å². The fourth-order valence-electron chi connectivity index (χ4n) is 2.82. The number of fused-ring (bicyclic) bond motifs is 1. The van der Waals surface area contributed by atoms with Crippen molar-refractivity contribution >= 4 is 22.9 Å². The lowest BCUT2D eigenvalue weighted by Gasteiger charge is -2.27. The van der Waals surface area contributed by atoms with Crippen molar-refractivity contribution in [1.82, 2.24) is 9.38 Å². The van der Waals surface area contributed by atoms with Gasteiger partial charge in [0.25, 0.3) is 5.91 Å². The van der Waals surface area contributed by atoms with Crippen molar-refractivity contribution in [3.63, 3.8) is 0 Å². The van der Waals surface area contributed by atoms with Crippen LogP contribution in [0, 0.1) is 0 Å². The second-order valence-electron chi connectivity index (χ2n) is 5.97. The Morgan fingerprint density at radius 2 is 1.96 bits per heavy atom. The van der Waals surface area contributed by atoms with Gasteiger partial charge >= 0.3 is 0 Å². The van der Waals surface area contributed by atoms with E-state index in [1.165, 1.54) is 0 Å². The highest BCUT2D eigenvalue weighted by atomic mass is 16.1. The van der Waals surface area contributed by atoms with Crippen molar-refractivity contribution < 1.29 is 4.79 Å². The molecule has 0 atom stereocenters. The molecule has 2 aromatic heterocycles. The maximum atomic E-state index is 12.4. The molecule has 1 aromatic carbocycles. The van der Waals surface area contributed by atoms with Crippen LogP contribution in [0.2, 0.25) is 0 Å². The molecule has 1 amide bonds. The minimum Gasteiger partial charge on any atom is -0.369 e. The standard InChI is InChI=1S/C19H22N4O/c1-4-23(14(2)3)16-10-8-15(9-11-16)20-19(24)17-13-22-12-6-5-7-18(22)21-17/h5-14H,4H2,1-3H3,(H,20,24). The smallest absolute Gasteiger partial charge is 0.275 e. The average molecular weight is 322 g/mol. The van der Waals surface area contributed by atoms with Crippen molar-refractivity contribution in [3.05, 3.63) is 60.6 Å². The van der Waals surface area contributed by atoms with Crippen LogP contribution in [0.15, 0.2) is 54.9 Å². The Morgan fingerprint density at radius 3 is 2.58 bits per heavy atom. The molecule has 0 unspecified atom stereocenters. The lowest BCUT2D eigenvalue weighted by molar-refractivity contribution is 0.102. The molecule has 0 saturated heterocycles. The van der Waals surface area contributed by atoms with Crippen molar-refractivity contribution in [2.24, 2.45) is 0 Å². The van der Waals surface area contributed by atoms with E-state index in [1.807, 2.05) is 53.1 Å². The Hall–Kier alpha value is -2.82. The fraction of sp³-hybridized carbons (Fsp3) is 0.263. The Morgan fingerprint density at radius 1 is 1.21 bits per heavy atom. The number of carbonyl (C=O) groups is 1. The summed E-state index contributed by atoms with van der Waals surface area (Å²) in [7, 11) is 0. The van der Waals surface area contributed by atoms with Crippen LogP contribution in [0.1, 0.15) is 31.3 Å². The molecule has 3 rings (SSSR count). The number of hydrogen-bond donors (Lipinski definition) is 1. The van der Waals surface area contributed by atoms with Crippen LogP contribution >= 0.6 is 0 Å². The number of anilines is 2. The minimum absolute atomic E-state index is 0.206. The van der Waals surface area contributed by atoms with E-state index >= 15 is 0 Å². The van der Waals surface area contributed by atoms with Crippen LogP contribution < -0.4 is 10.2 Å². The molecule has 0 radical (unpaired) electrons. The van der Waals surface area contributed by atoms with E-state index in [4.69, 9.17) is 0 Å². The topological polar surface area (TPSA) is 49.6 Å². The van der Waals surface area contributed by atoms with Crippen LogP contribution in [-0.4, -0.2) is 27.9 Å². The molecule has 5 nitrogen and oxygen atoms in total. The van der Waals surface area contributed by atoms with Gasteiger partial charge in [-0.3, -0.25) is 4.79 Å². The second-order valence-corrected chi connectivity index (χ2v) is 5.97. The molecule has 0 aliphatic heterocycles. The van der Waals surface area contributed by atoms with Crippen LogP contribution in [0.3, 0.4) is 0 Å². The van der Waals surface area contributed by atoms with Crippen LogP contribution in [0.25, 0.3) is 5.65 Å². The number of hydrogen-bond acceptors (Lipinski definition) is 3. The van der Waals surface area contributed by atoms with Gasteiger partial charge in [0.2, 0.25) is 0 Å². The van der Waals surface area contributed by atoms with E-state index in [0.717, 1.165) is 23.6 Å². The summed E-state index contributed by atoms with van der Waals surface area (Å²) in [5, 5.41) is 2.90. The van der Waals surface area contributed by atoms with Crippen molar-refractivity contribution in [1.29, 1.82) is 0 Å². The summed E-state index contributed by atoms with van der Waals surface area (Å²) in [5.74, 6) is -0.206. The van der Waals surface area contributed by atoms with Crippen molar-refractivity contribution in [3.8, 4) is 0 Å². The number of carbonyl (C=O) groups excluding carboxylic acids is 1. The van der Waals surface area contributed by atoms with Gasteiger partial charge in [-0.2, -0.15) is 0 Å². The first kappa shape index (κ1) is 16.1. The number of nitrogens with zero attached hydrogens (tertiary/aromatic N) is 3. The Kier molecular flexibility index (Phi) is 4.51. The lowest BCUT2D eigenvalue weighted by atomic mass is 10.2. The number of amides is 1. The Balaban J connectivity index is 1.74. The molecule has 5 heteroatoms. The largest absolute Gasteiger partial charge is 0.369 e. The third-order valence-corrected chi connectivity index (χ3v) is 4.02. The van der Waals surface area contributed by atoms with Crippen LogP contribution in [0.4, 0.5) is 11.4 Å². The summed E-state index contributed by atoms with van der Waals surface area (Å²) in [6.07, 6.45) is 3.61. The molecule has 0 aliphatic carbocycles. The van der Waals surface area contributed by atoms with Crippen LogP contribution in [-0.2, 0) is 0 Å². The summed E-state index contributed by atoms with van der Waals surface area (Å²) >= 11 is 0. The molecule has 0 bridgehead atoms. The molecule has 0 saturated carbocycles. The molecular formula is C19H22N4O. The van der Waals surface area contributed by atoms with Gasteiger partial charge in [-0.15, -0.1) is 0 Å². The van der Waals surface area contributed by atoms with Gasteiger partial charge in [0.05, 0.1) is 0 Å². The van der Waals surface area contributed by atoms with Crippen molar-refractivity contribution in [2.75, 3.05) is 16.8 Å². The number of aromatic nitrogens is 2. The molecule has 0 spiro atoms. The van der Waals surface area contributed by atoms with Crippen LogP contribution in [0.5, 0.6) is 0 Å². The third kappa shape index (κ3) is 3.25. The van der Waals surface area contributed by atoms with E-state index in [9.17, 15) is 4.79 Å². The summed E-state index contributed by atoms with van der Waals surface area (Å²) in [6.45, 7) is 7.43. The molecule has 0 aliphatic rings. The second kappa shape index (κ2) is 6.74. The number of nitrogens with one attached hydrogen (secondary N) is 1. The lowest BCUT2D eigenvalue weighted by Crippen LogP contribution is -2.30. The first-order valence-electron chi connectivity index (χ1n) is 8.20. The minimum atomic E-state index is -0.206. The summed E-state index contributed by atoms with van der Waals surface area (Å²) < 4.78 is 1.83. The summed E-state index contributed by atoms with van der Waals surface area (Å²) in [5.41, 5.74) is 3.08. The molecule has 24 heavy (non-hydrogen) atoms. The highest BCUT2D eigenvalue weighted by Crippen LogP contribution is 2.20. The third-order valence-electron chi connectivity index (χ3n) is 4.02. The van der Waals surface area contributed by atoms with Gasteiger partial charge in [0.15, 0.2) is 0 Å². The molecule has 1 N–H and O–H groups in total. The SMILES string of the molecule is CCN(c1ccc(NC(=O)c2cn3ccccc3n2)cc1)C(C)C. The van der Waals surface area contributed by atoms with Gasteiger partial charge in [-0.25, -0.2) is 4.98 Å². The van der Waals surface area contributed by atoms with Gasteiger partial charge in [-0.05, 0) is 57.2 Å². The maximum Gasteiger partial charge on any atom is 0.275 e. The fourth-order valence-corrected chi connectivity index (χ4v) is 2.82. The van der Waals surface area contributed by atoms with Gasteiger partial charge in [0, 0.05) is 36.4 Å². The van der Waals surface area contributed by atoms with Gasteiger partial charge in [-0.1, -0.05) is 6.07 Å². The molecule has 3 aromatic rings. The zero-order chi connectivity index (χ0) is 17.1. The quantitative estimate of drug-likeness (QED) is 0.777. The summed E-state index contributed by atoms with van der Waals surface area (Å²) in [6, 6.07) is 14.0. The van der Waals surface area contributed by atoms with Gasteiger partial charge < -0.3 is 14.6 Å². The number of pyridine rings is 1. The Bertz CT molecular complexity index is 803. The highest BCUT2D eigenvalue weighted by molar-refractivity contribution is 6.03. The molecular weight excluding hydrogens is 300 g/mol. The predicted octanol–water partition coefficient (Wildman–Crippen LogP) is 3.82. The molecule has 2 heterocycles. The first-order valence-corrected chi connectivity index (χ1v) is 8.20. The predicted molar refractivity (Wildman–Crippen MR) is 97.7 cm³/mol. The zero-order valence-electron chi connectivity index (χ0n) is 14.2. The van der Waals surface area contributed by atoms with E-state index in [2.05, 4.69) is 36.0 Å². The molecule has 124 valence electrons. The monoisotopic (exact) mass is 322 g/mol. The first-order chi connectivity index (χ1) is 11.6. The maximum absolute atomic E-state index is 12.4. The zero-order valence-corrected chi connectivity index (χ0v) is 14.2. The van der Waals surface area contributed by atoms with E-state index in [1.54, 1.807) is 6.20 Å². The molecule has 0 fully saturated rings. The van der Waals surface area contributed by atoms with E-state index in [-0.39, 0.29) is 5.91 Å². The number of rotatable bonds is 5. The number of benzene rings is 1. The summed E-state index contributed by atoms with van der Waals surface area (Å²) in [4.78, 5) is 19.0. The normalized spacial score (nSPS) is 11.0. The number of imidazole rings is 1.